The van der Waals surface area contributed by atoms with Crippen LogP contribution in [0.1, 0.15) is 24.3 Å². The van der Waals surface area contributed by atoms with E-state index in [4.69, 9.17) is 0 Å². The van der Waals surface area contributed by atoms with Crippen LogP contribution >= 0.6 is 0 Å². The number of nitrogens with zero attached hydrogens (tertiary/aromatic N) is 2. The molecule has 19 heavy (non-hydrogen) atoms. The standard InChI is InChI=1S/C15H17FN2O/c1-11(19)15-13(16)7-5-8-14(15)18(2)10-12-6-3-4-9-17-12/h3-9,11,19H,10H2,1-2H3/t11-/m1/s1. The summed E-state index contributed by atoms with van der Waals surface area (Å²) >= 11 is 0. The van der Waals surface area contributed by atoms with Gasteiger partial charge < -0.3 is 10.0 Å². The van der Waals surface area contributed by atoms with E-state index in [1.165, 1.54) is 6.07 Å². The van der Waals surface area contributed by atoms with Gasteiger partial charge in [0.25, 0.3) is 0 Å². The maximum absolute atomic E-state index is 13.8. The van der Waals surface area contributed by atoms with E-state index >= 15 is 0 Å². The highest BCUT2D eigenvalue weighted by molar-refractivity contribution is 5.54. The van der Waals surface area contributed by atoms with E-state index in [-0.39, 0.29) is 5.82 Å². The van der Waals surface area contributed by atoms with E-state index in [0.29, 0.717) is 17.8 Å². The first-order valence-corrected chi connectivity index (χ1v) is 6.17. The van der Waals surface area contributed by atoms with Crippen LogP contribution in [0.3, 0.4) is 0 Å². The fourth-order valence-corrected chi connectivity index (χ4v) is 2.09. The van der Waals surface area contributed by atoms with Crippen LogP contribution < -0.4 is 4.90 Å². The molecule has 0 saturated carbocycles. The molecule has 2 rings (SSSR count). The fourth-order valence-electron chi connectivity index (χ4n) is 2.09. The zero-order chi connectivity index (χ0) is 13.8. The molecule has 4 heteroatoms. The summed E-state index contributed by atoms with van der Waals surface area (Å²) in [6, 6.07) is 10.5. The topological polar surface area (TPSA) is 36.4 Å². The van der Waals surface area contributed by atoms with E-state index in [1.54, 1.807) is 25.3 Å². The largest absolute Gasteiger partial charge is 0.389 e. The molecule has 1 heterocycles. The molecule has 0 aliphatic carbocycles. The molecular formula is C15H17FN2O. The Kier molecular flexibility index (Phi) is 4.12. The minimum absolute atomic E-state index is 0.320. The van der Waals surface area contributed by atoms with Gasteiger partial charge in [0.2, 0.25) is 0 Å². The van der Waals surface area contributed by atoms with E-state index in [1.807, 2.05) is 30.1 Å². The maximum Gasteiger partial charge on any atom is 0.131 e. The van der Waals surface area contributed by atoms with E-state index in [2.05, 4.69) is 4.98 Å². The average molecular weight is 260 g/mol. The number of rotatable bonds is 4. The maximum atomic E-state index is 13.8. The van der Waals surface area contributed by atoms with Crippen molar-refractivity contribution in [3.8, 4) is 0 Å². The van der Waals surface area contributed by atoms with E-state index < -0.39 is 6.10 Å². The summed E-state index contributed by atoms with van der Waals surface area (Å²) in [5, 5.41) is 9.72. The highest BCUT2D eigenvalue weighted by Crippen LogP contribution is 2.28. The van der Waals surface area contributed by atoms with Crippen molar-refractivity contribution in [2.45, 2.75) is 19.6 Å². The monoisotopic (exact) mass is 260 g/mol. The lowest BCUT2D eigenvalue weighted by Crippen LogP contribution is -2.20. The lowest BCUT2D eigenvalue weighted by molar-refractivity contribution is 0.194. The van der Waals surface area contributed by atoms with Crippen molar-refractivity contribution >= 4 is 5.69 Å². The zero-order valence-corrected chi connectivity index (χ0v) is 11.0. The molecule has 0 bridgehead atoms. The van der Waals surface area contributed by atoms with Gasteiger partial charge >= 0.3 is 0 Å². The number of aliphatic hydroxyl groups excluding tert-OH is 1. The number of aliphatic hydroxyl groups is 1. The molecule has 0 aliphatic rings. The van der Waals surface area contributed by atoms with Gasteiger partial charge in [-0.25, -0.2) is 4.39 Å². The van der Waals surface area contributed by atoms with Crippen molar-refractivity contribution in [2.24, 2.45) is 0 Å². The van der Waals surface area contributed by atoms with Crippen LogP contribution in [0.5, 0.6) is 0 Å². The van der Waals surface area contributed by atoms with Crippen LogP contribution in [0.15, 0.2) is 42.6 Å². The predicted octanol–water partition coefficient (Wildman–Crippen LogP) is 2.91. The molecule has 0 aliphatic heterocycles. The van der Waals surface area contributed by atoms with Crippen molar-refractivity contribution in [3.05, 3.63) is 59.7 Å². The molecule has 1 N–H and O–H groups in total. The Morgan fingerprint density at radius 2 is 2.05 bits per heavy atom. The summed E-state index contributed by atoms with van der Waals surface area (Å²) in [5.74, 6) is -0.389. The van der Waals surface area contributed by atoms with Crippen LogP contribution in [0.25, 0.3) is 0 Å². The van der Waals surface area contributed by atoms with Crippen molar-refractivity contribution in [1.29, 1.82) is 0 Å². The Bertz CT molecular complexity index is 543. The van der Waals surface area contributed by atoms with Gasteiger partial charge in [-0.3, -0.25) is 4.98 Å². The van der Waals surface area contributed by atoms with Gasteiger partial charge in [0, 0.05) is 24.5 Å². The molecule has 100 valence electrons. The van der Waals surface area contributed by atoms with Crippen molar-refractivity contribution < 1.29 is 9.50 Å². The van der Waals surface area contributed by atoms with Crippen molar-refractivity contribution in [2.75, 3.05) is 11.9 Å². The Labute approximate surface area is 112 Å². The summed E-state index contributed by atoms with van der Waals surface area (Å²) in [6.45, 7) is 2.13. The van der Waals surface area contributed by atoms with Gasteiger partial charge in [-0.05, 0) is 31.2 Å². The minimum Gasteiger partial charge on any atom is -0.389 e. The average Bonchev–Trinajstić information content (AvgIpc) is 2.39. The molecule has 0 radical (unpaired) electrons. The molecule has 0 spiro atoms. The summed E-state index contributed by atoms with van der Waals surface area (Å²) in [5.41, 5.74) is 1.90. The van der Waals surface area contributed by atoms with Crippen molar-refractivity contribution in [1.82, 2.24) is 4.98 Å². The number of aromatic nitrogens is 1. The molecular weight excluding hydrogens is 243 g/mol. The number of halogens is 1. The molecule has 0 saturated heterocycles. The number of hydrogen-bond donors (Lipinski definition) is 1. The zero-order valence-electron chi connectivity index (χ0n) is 11.0. The first-order chi connectivity index (χ1) is 9.09. The van der Waals surface area contributed by atoms with Crippen LogP contribution in [0.2, 0.25) is 0 Å². The molecule has 1 atom stereocenters. The first kappa shape index (κ1) is 13.5. The van der Waals surface area contributed by atoms with E-state index in [9.17, 15) is 9.50 Å². The molecule has 3 nitrogen and oxygen atoms in total. The Hall–Kier alpha value is -1.94. The molecule has 1 aromatic carbocycles. The fraction of sp³-hybridized carbons (Fsp3) is 0.267. The van der Waals surface area contributed by atoms with Crippen LogP contribution in [0.4, 0.5) is 10.1 Å². The lowest BCUT2D eigenvalue weighted by Gasteiger charge is -2.23. The SMILES string of the molecule is C[C@@H](O)c1c(F)cccc1N(C)Cc1ccccn1. The summed E-state index contributed by atoms with van der Waals surface area (Å²) in [7, 11) is 1.86. The molecule has 0 amide bonds. The molecule has 0 fully saturated rings. The summed E-state index contributed by atoms with van der Waals surface area (Å²) in [4.78, 5) is 6.13. The summed E-state index contributed by atoms with van der Waals surface area (Å²) < 4.78 is 13.8. The smallest absolute Gasteiger partial charge is 0.131 e. The van der Waals surface area contributed by atoms with Gasteiger partial charge in [0.1, 0.15) is 5.82 Å². The third-order valence-corrected chi connectivity index (χ3v) is 2.98. The Morgan fingerprint density at radius 1 is 1.26 bits per heavy atom. The van der Waals surface area contributed by atoms with Crippen LogP contribution in [-0.4, -0.2) is 17.1 Å². The van der Waals surface area contributed by atoms with Gasteiger partial charge in [0.15, 0.2) is 0 Å². The second-order valence-corrected chi connectivity index (χ2v) is 4.53. The van der Waals surface area contributed by atoms with Crippen LogP contribution in [0, 0.1) is 5.82 Å². The van der Waals surface area contributed by atoms with Gasteiger partial charge in [-0.2, -0.15) is 0 Å². The van der Waals surface area contributed by atoms with Crippen LogP contribution in [-0.2, 0) is 6.54 Å². The number of pyridine rings is 1. The number of anilines is 1. The van der Waals surface area contributed by atoms with Gasteiger partial charge in [-0.15, -0.1) is 0 Å². The highest BCUT2D eigenvalue weighted by Gasteiger charge is 2.16. The molecule has 1 aromatic heterocycles. The highest BCUT2D eigenvalue weighted by atomic mass is 19.1. The predicted molar refractivity (Wildman–Crippen MR) is 73.4 cm³/mol. The third kappa shape index (κ3) is 3.09. The normalized spacial score (nSPS) is 12.2. The van der Waals surface area contributed by atoms with Crippen molar-refractivity contribution in [3.63, 3.8) is 0 Å². The molecule has 2 aromatic rings. The second kappa shape index (κ2) is 5.80. The lowest BCUT2D eigenvalue weighted by atomic mass is 10.1. The number of hydrogen-bond acceptors (Lipinski definition) is 3. The summed E-state index contributed by atoms with van der Waals surface area (Å²) in [6.07, 6.45) is 0.882. The quantitative estimate of drug-likeness (QED) is 0.918. The van der Waals surface area contributed by atoms with Gasteiger partial charge in [0.05, 0.1) is 18.3 Å². The minimum atomic E-state index is -0.845. The number of benzene rings is 1. The van der Waals surface area contributed by atoms with E-state index in [0.717, 1.165) is 5.69 Å². The second-order valence-electron chi connectivity index (χ2n) is 4.53. The Morgan fingerprint density at radius 3 is 2.68 bits per heavy atom. The van der Waals surface area contributed by atoms with Gasteiger partial charge in [-0.1, -0.05) is 12.1 Å². The molecule has 0 unspecified atom stereocenters. The first-order valence-electron chi connectivity index (χ1n) is 6.17. The third-order valence-electron chi connectivity index (χ3n) is 2.98. The Balaban J connectivity index is 2.29.